The van der Waals surface area contributed by atoms with Gasteiger partial charge in [-0.3, -0.25) is 0 Å². The van der Waals surface area contributed by atoms with Crippen molar-refractivity contribution in [2.24, 2.45) is 5.92 Å². The number of hydrogen-bond acceptors (Lipinski definition) is 2. The van der Waals surface area contributed by atoms with E-state index in [-0.39, 0.29) is 0 Å². The van der Waals surface area contributed by atoms with Gasteiger partial charge in [-0.1, -0.05) is 44.4 Å². The van der Waals surface area contributed by atoms with Crippen LogP contribution in [0.4, 0.5) is 0 Å². The second kappa shape index (κ2) is 9.02. The smallest absolute Gasteiger partial charge is 0.119 e. The molecular formula is C18H29NO. The van der Waals surface area contributed by atoms with Gasteiger partial charge in [-0.05, 0) is 50.3 Å². The third-order valence-corrected chi connectivity index (χ3v) is 4.43. The minimum absolute atomic E-state index is 0.739. The van der Waals surface area contributed by atoms with Crippen molar-refractivity contribution in [1.82, 2.24) is 5.32 Å². The fourth-order valence-electron chi connectivity index (χ4n) is 3.08. The van der Waals surface area contributed by atoms with Crippen LogP contribution in [0, 0.1) is 5.92 Å². The monoisotopic (exact) mass is 275 g/mol. The van der Waals surface area contributed by atoms with Crippen molar-refractivity contribution in [3.8, 4) is 5.75 Å². The lowest BCUT2D eigenvalue weighted by molar-refractivity contribution is 0.302. The standard InChI is InChI=1S/C18H29NO/c1-2-16-8-6-9-17(13-12-16)19-14-7-15-20-18-10-4-3-5-11-18/h3-5,10-11,16-17,19H,2,6-9,12-15H2,1H3. The van der Waals surface area contributed by atoms with E-state index in [1.54, 1.807) is 0 Å². The highest BCUT2D eigenvalue weighted by atomic mass is 16.5. The Morgan fingerprint density at radius 2 is 1.95 bits per heavy atom. The molecule has 1 aromatic carbocycles. The van der Waals surface area contributed by atoms with Gasteiger partial charge >= 0.3 is 0 Å². The van der Waals surface area contributed by atoms with Crippen LogP contribution in [0.3, 0.4) is 0 Å². The highest BCUT2D eigenvalue weighted by Gasteiger charge is 2.16. The van der Waals surface area contributed by atoms with E-state index in [1.165, 1.54) is 38.5 Å². The zero-order valence-electron chi connectivity index (χ0n) is 12.8. The Balaban J connectivity index is 1.54. The number of rotatable bonds is 7. The molecule has 1 aromatic rings. The van der Waals surface area contributed by atoms with Gasteiger partial charge in [0.25, 0.3) is 0 Å². The molecule has 1 aliphatic carbocycles. The molecular weight excluding hydrogens is 246 g/mol. The van der Waals surface area contributed by atoms with Gasteiger partial charge in [-0.25, -0.2) is 0 Å². The van der Waals surface area contributed by atoms with E-state index in [4.69, 9.17) is 4.74 Å². The van der Waals surface area contributed by atoms with Crippen molar-refractivity contribution >= 4 is 0 Å². The van der Waals surface area contributed by atoms with Crippen molar-refractivity contribution in [3.05, 3.63) is 30.3 Å². The summed E-state index contributed by atoms with van der Waals surface area (Å²) < 4.78 is 5.71. The van der Waals surface area contributed by atoms with Gasteiger partial charge in [0, 0.05) is 6.04 Å². The Labute approximate surface area is 123 Å². The molecule has 0 aliphatic heterocycles. The van der Waals surface area contributed by atoms with Gasteiger partial charge < -0.3 is 10.1 Å². The first-order valence-corrected chi connectivity index (χ1v) is 8.29. The third kappa shape index (κ3) is 5.54. The molecule has 0 spiro atoms. The van der Waals surface area contributed by atoms with Crippen LogP contribution in [0.5, 0.6) is 5.75 Å². The maximum atomic E-state index is 5.71. The molecule has 2 unspecified atom stereocenters. The maximum Gasteiger partial charge on any atom is 0.119 e. The van der Waals surface area contributed by atoms with Crippen molar-refractivity contribution < 1.29 is 4.74 Å². The Hall–Kier alpha value is -1.02. The molecule has 1 saturated carbocycles. The summed E-state index contributed by atoms with van der Waals surface area (Å²) in [6, 6.07) is 10.8. The van der Waals surface area contributed by atoms with E-state index in [1.807, 2.05) is 30.3 Å². The molecule has 0 aromatic heterocycles. The predicted molar refractivity (Wildman–Crippen MR) is 85.2 cm³/mol. The molecule has 20 heavy (non-hydrogen) atoms. The molecule has 2 rings (SSSR count). The van der Waals surface area contributed by atoms with Crippen LogP contribution in [0.25, 0.3) is 0 Å². The summed E-state index contributed by atoms with van der Waals surface area (Å²) in [5.41, 5.74) is 0. The fraction of sp³-hybridized carbons (Fsp3) is 0.667. The number of nitrogens with one attached hydrogen (secondary N) is 1. The summed E-state index contributed by atoms with van der Waals surface area (Å²) in [7, 11) is 0. The lowest BCUT2D eigenvalue weighted by Gasteiger charge is -2.16. The summed E-state index contributed by atoms with van der Waals surface area (Å²) in [4.78, 5) is 0. The first-order valence-electron chi connectivity index (χ1n) is 8.29. The number of ether oxygens (including phenoxy) is 1. The van der Waals surface area contributed by atoms with Gasteiger partial charge in [0.2, 0.25) is 0 Å². The molecule has 2 nitrogen and oxygen atoms in total. The molecule has 0 amide bonds. The maximum absolute atomic E-state index is 5.71. The minimum atomic E-state index is 0.739. The van der Waals surface area contributed by atoms with Crippen molar-refractivity contribution in [3.63, 3.8) is 0 Å². The Morgan fingerprint density at radius 3 is 2.75 bits per heavy atom. The van der Waals surface area contributed by atoms with E-state index in [9.17, 15) is 0 Å². The fourth-order valence-corrected chi connectivity index (χ4v) is 3.08. The van der Waals surface area contributed by atoms with Crippen molar-refractivity contribution in [2.45, 2.75) is 57.9 Å². The second-order valence-electron chi connectivity index (χ2n) is 5.95. The Morgan fingerprint density at radius 1 is 1.10 bits per heavy atom. The molecule has 2 heteroatoms. The van der Waals surface area contributed by atoms with E-state index in [0.717, 1.165) is 37.3 Å². The molecule has 0 radical (unpaired) electrons. The first-order chi connectivity index (χ1) is 9.88. The quantitative estimate of drug-likeness (QED) is 0.588. The highest BCUT2D eigenvalue weighted by molar-refractivity contribution is 5.20. The van der Waals surface area contributed by atoms with Gasteiger partial charge in [0.15, 0.2) is 0 Å². The summed E-state index contributed by atoms with van der Waals surface area (Å²) >= 11 is 0. The lowest BCUT2D eigenvalue weighted by Crippen LogP contribution is -2.30. The van der Waals surface area contributed by atoms with Crippen LogP contribution in [-0.4, -0.2) is 19.2 Å². The summed E-state index contributed by atoms with van der Waals surface area (Å²) in [5, 5.41) is 3.71. The molecule has 1 fully saturated rings. The average Bonchev–Trinajstić information content (AvgIpc) is 2.73. The molecule has 112 valence electrons. The number of hydrogen-bond donors (Lipinski definition) is 1. The van der Waals surface area contributed by atoms with Crippen LogP contribution < -0.4 is 10.1 Å². The summed E-state index contributed by atoms with van der Waals surface area (Å²) in [5.74, 6) is 1.95. The minimum Gasteiger partial charge on any atom is -0.494 e. The van der Waals surface area contributed by atoms with Gasteiger partial charge in [-0.2, -0.15) is 0 Å². The number of benzene rings is 1. The third-order valence-electron chi connectivity index (χ3n) is 4.43. The second-order valence-corrected chi connectivity index (χ2v) is 5.95. The molecule has 0 saturated heterocycles. The van der Waals surface area contributed by atoms with E-state index >= 15 is 0 Å². The summed E-state index contributed by atoms with van der Waals surface area (Å²) in [6.07, 6.45) is 9.41. The van der Waals surface area contributed by atoms with Crippen LogP contribution in [0.15, 0.2) is 30.3 Å². The van der Waals surface area contributed by atoms with Gasteiger partial charge in [-0.15, -0.1) is 0 Å². The lowest BCUT2D eigenvalue weighted by atomic mass is 9.98. The van der Waals surface area contributed by atoms with Crippen LogP contribution in [-0.2, 0) is 0 Å². The highest BCUT2D eigenvalue weighted by Crippen LogP contribution is 2.25. The van der Waals surface area contributed by atoms with E-state index in [2.05, 4.69) is 12.2 Å². The van der Waals surface area contributed by atoms with Gasteiger partial charge in [0.1, 0.15) is 5.75 Å². The van der Waals surface area contributed by atoms with Crippen LogP contribution >= 0.6 is 0 Å². The van der Waals surface area contributed by atoms with Crippen LogP contribution in [0.1, 0.15) is 51.9 Å². The SMILES string of the molecule is CCC1CCCC(NCCCOc2ccccc2)CC1. The normalized spacial score (nSPS) is 23.2. The molecule has 2 atom stereocenters. The zero-order valence-corrected chi connectivity index (χ0v) is 12.8. The van der Waals surface area contributed by atoms with E-state index < -0.39 is 0 Å². The zero-order chi connectivity index (χ0) is 14.0. The van der Waals surface area contributed by atoms with Gasteiger partial charge in [0.05, 0.1) is 6.61 Å². The molecule has 0 bridgehead atoms. The first kappa shape index (κ1) is 15.4. The average molecular weight is 275 g/mol. The molecule has 1 N–H and O–H groups in total. The molecule has 1 aliphatic rings. The number of para-hydroxylation sites is 1. The largest absolute Gasteiger partial charge is 0.494 e. The summed E-state index contributed by atoms with van der Waals surface area (Å²) in [6.45, 7) is 4.22. The van der Waals surface area contributed by atoms with Crippen molar-refractivity contribution in [2.75, 3.05) is 13.2 Å². The molecule has 0 heterocycles. The predicted octanol–water partition coefficient (Wildman–Crippen LogP) is 4.40. The topological polar surface area (TPSA) is 21.3 Å². The van der Waals surface area contributed by atoms with E-state index in [0.29, 0.717) is 0 Å². The van der Waals surface area contributed by atoms with Crippen molar-refractivity contribution in [1.29, 1.82) is 0 Å². The Bertz CT molecular complexity index is 352. The van der Waals surface area contributed by atoms with Crippen LogP contribution in [0.2, 0.25) is 0 Å². The Kier molecular flexibility index (Phi) is 6.93.